The molecule has 0 N–H and O–H groups in total. The molecule has 0 fully saturated rings. The van der Waals surface area contributed by atoms with Crippen molar-refractivity contribution < 1.29 is 0 Å². The van der Waals surface area contributed by atoms with Gasteiger partial charge in [0.15, 0.2) is 0 Å². The van der Waals surface area contributed by atoms with Crippen LogP contribution in [0.3, 0.4) is 0 Å². The molecule has 0 saturated heterocycles. The number of imidazole rings is 12. The normalized spacial score (nSPS) is 12.4. The molecule has 21 heterocycles. The predicted molar refractivity (Wildman–Crippen MR) is 606 cm³/mol. The van der Waals surface area contributed by atoms with E-state index in [0.29, 0.717) is 0 Å². The summed E-state index contributed by atoms with van der Waals surface area (Å²) < 4.78 is 42.4. The third kappa shape index (κ3) is 11.5. The number of pyridine rings is 3. The molecule has 144 heavy (non-hydrogen) atoms. The van der Waals surface area contributed by atoms with Crippen LogP contribution in [-0.2, 0) is 42.3 Å². The van der Waals surface area contributed by atoms with Crippen molar-refractivity contribution in [1.82, 2.24) is 98.7 Å². The van der Waals surface area contributed by atoms with Gasteiger partial charge in [-0.25, -0.2) is 29.9 Å². The summed E-state index contributed by atoms with van der Waals surface area (Å²) in [4.78, 5) is 41.8. The van der Waals surface area contributed by atoms with Crippen LogP contribution >= 0.6 is 68.0 Å². The number of rotatable bonds is 0. The summed E-state index contributed by atoms with van der Waals surface area (Å²) in [5, 5.41) is 15.7. The lowest BCUT2D eigenvalue weighted by molar-refractivity contribution is 0.974. The largest absolute Gasteiger partial charge is 0.313 e. The smallest absolute Gasteiger partial charge is 0.215 e. The SMILES string of the molecule is Cn1c2c3c(ccc2n2c4ccccc4nc12)sc1ccccc13.Cn1c2c3sc4ccccc4c3ccc2n2c3ccccc3nc12.Cn1c2cc3c(cc2n2c4ccccc4nc12)sc1ccccc13.Cn1c2cc3sc4cnccc4c3cc2n2c3ccccc3nc12.Cn1c2ccc3c4ccncc4sc3c2n2c3ccccc3nc12.Cn1c2ccc3sc4cnccc4c3c2n2c3ccccc3nc12. The van der Waals surface area contributed by atoms with E-state index in [1.165, 1.54) is 198 Å². The summed E-state index contributed by atoms with van der Waals surface area (Å²) >= 11 is 11.0. The summed E-state index contributed by atoms with van der Waals surface area (Å²) in [5.74, 6) is 5.93. The molecule has 0 unspecified atom stereocenters. The molecular formula is C117H75N21S6. The van der Waals surface area contributed by atoms with Gasteiger partial charge in [0, 0.05) is 177 Å². The number of para-hydroxylation sites is 12. The third-order valence-corrected chi connectivity index (χ3v) is 36.0. The number of aromatic nitrogens is 21. The van der Waals surface area contributed by atoms with Crippen molar-refractivity contribution in [2.75, 3.05) is 0 Å². The van der Waals surface area contributed by atoms with E-state index in [9.17, 15) is 0 Å². The van der Waals surface area contributed by atoms with E-state index in [0.717, 1.165) is 89.8 Å². The first-order chi connectivity index (χ1) is 70.9. The Bertz CT molecular complexity index is 11800. The molecule has 21 aromatic heterocycles. The zero-order chi connectivity index (χ0) is 95.0. The highest BCUT2D eigenvalue weighted by molar-refractivity contribution is 7.28. The Morgan fingerprint density at radius 2 is 0.465 bits per heavy atom. The predicted octanol–water partition coefficient (Wildman–Crippen LogP) is 30.3. The third-order valence-electron chi connectivity index (χ3n) is 29.2. The van der Waals surface area contributed by atoms with Gasteiger partial charge < -0.3 is 27.4 Å². The van der Waals surface area contributed by atoms with E-state index >= 15 is 0 Å². The second-order valence-electron chi connectivity index (χ2n) is 36.9. The van der Waals surface area contributed by atoms with Gasteiger partial charge in [-0.05, 0) is 170 Å². The first kappa shape index (κ1) is 81.5. The highest BCUT2D eigenvalue weighted by Gasteiger charge is 2.27. The number of benzene rings is 15. The van der Waals surface area contributed by atoms with Crippen molar-refractivity contribution in [3.05, 3.63) is 347 Å². The maximum Gasteiger partial charge on any atom is 0.215 e. The quantitative estimate of drug-likeness (QED) is 0.143. The first-order valence-electron chi connectivity index (χ1n) is 47.5. The highest BCUT2D eigenvalue weighted by Crippen LogP contribution is 2.48. The summed E-state index contributed by atoms with van der Waals surface area (Å²) in [6.45, 7) is 0. The van der Waals surface area contributed by atoms with E-state index in [4.69, 9.17) is 29.9 Å². The van der Waals surface area contributed by atoms with Crippen molar-refractivity contribution in [3.8, 4) is 0 Å². The number of thiophene rings is 6. The Morgan fingerprint density at radius 1 is 0.174 bits per heavy atom. The molecule has 0 aliphatic heterocycles. The van der Waals surface area contributed by atoms with Gasteiger partial charge in [-0.15, -0.1) is 68.0 Å². The molecule has 0 amide bonds. The molecule has 36 rings (SSSR count). The van der Waals surface area contributed by atoms with Crippen molar-refractivity contribution in [2.24, 2.45) is 42.3 Å². The van der Waals surface area contributed by atoms with Crippen LogP contribution in [0.15, 0.2) is 347 Å². The molecule has 684 valence electrons. The van der Waals surface area contributed by atoms with Crippen LogP contribution in [0.5, 0.6) is 0 Å². The monoisotopic (exact) mass is 1970 g/mol. The van der Waals surface area contributed by atoms with Crippen LogP contribution in [0.4, 0.5) is 0 Å². The molecule has 21 nitrogen and oxygen atoms in total. The summed E-state index contributed by atoms with van der Waals surface area (Å²) in [6.07, 6.45) is 11.5. The van der Waals surface area contributed by atoms with Gasteiger partial charge in [-0.1, -0.05) is 140 Å². The Hall–Kier alpha value is -17.3. The summed E-state index contributed by atoms with van der Waals surface area (Å²) in [5.41, 5.74) is 27.9. The topological polar surface area (TPSA) is 172 Å². The van der Waals surface area contributed by atoms with Crippen molar-refractivity contribution in [3.63, 3.8) is 0 Å². The fourth-order valence-corrected chi connectivity index (χ4v) is 29.5. The van der Waals surface area contributed by atoms with E-state index in [-0.39, 0.29) is 0 Å². The minimum absolute atomic E-state index is 0.979. The fraction of sp³-hybridized carbons (Fsp3) is 0.0513. The number of fused-ring (bicyclic) bond motifs is 52. The minimum atomic E-state index is 0.979. The summed E-state index contributed by atoms with van der Waals surface area (Å²) in [7, 11) is 12.6. The van der Waals surface area contributed by atoms with Crippen LogP contribution in [0.2, 0.25) is 0 Å². The Morgan fingerprint density at radius 3 is 1.00 bits per heavy atom. The van der Waals surface area contributed by atoms with Crippen molar-refractivity contribution >= 4 is 356 Å². The van der Waals surface area contributed by atoms with Gasteiger partial charge in [0.25, 0.3) is 0 Å². The Kier molecular flexibility index (Phi) is 17.3. The molecule has 0 spiro atoms. The van der Waals surface area contributed by atoms with Crippen LogP contribution in [0, 0.1) is 0 Å². The van der Waals surface area contributed by atoms with E-state index in [2.05, 4.69) is 384 Å². The second-order valence-corrected chi connectivity index (χ2v) is 43.3. The zero-order valence-corrected chi connectivity index (χ0v) is 82.6. The van der Waals surface area contributed by atoms with Gasteiger partial charge in [-0.3, -0.25) is 41.4 Å². The maximum atomic E-state index is 4.85. The second kappa shape index (κ2) is 30.6. The minimum Gasteiger partial charge on any atom is -0.313 e. The number of aryl methyl sites for hydroxylation is 6. The van der Waals surface area contributed by atoms with Crippen molar-refractivity contribution in [1.29, 1.82) is 0 Å². The molecule has 0 saturated carbocycles. The van der Waals surface area contributed by atoms with Crippen LogP contribution in [0.1, 0.15) is 0 Å². The standard InChI is InChI=1S/3C20H13N3S.3C19H12N4S/c1-22-16-10-13-12-6-2-5-9-18(12)24-19(13)11-17(16)23-15-8-4-3-7-14(15)21-20(22)23;1-22-18-16(23-15-8-4-3-7-14(15)21-20(22)23)11-10-13-12-6-2-5-9-17(12)24-19(13)18;1-22-19-15(23-14-8-4-3-7-13(14)21-20(22)23)10-11-17-18(19)12-6-2-5-9-16(12)24-17;1-22-15-9-17-12(11-6-7-20-10-18(11)24-17)8-16(15)23-14-5-3-2-4-13(14)21-19(22)23;1-22-15-7-6-12-11-8-9-20-10-16(11)24-18(12)17(15)23-14-5-3-2-4-13(14)21-19(22)23;1-22-14-6-7-15-17(11-8-9-20-10-16(11)24-15)18(14)23-13-5-3-2-4-12(13)21-19(22)23/h3*2-11H,1H3;3*2-10H,1H3. The van der Waals surface area contributed by atoms with Crippen LogP contribution in [0.25, 0.3) is 288 Å². The van der Waals surface area contributed by atoms with Gasteiger partial charge in [0.2, 0.25) is 34.7 Å². The van der Waals surface area contributed by atoms with Crippen LogP contribution in [-0.4, -0.2) is 98.7 Å². The summed E-state index contributed by atoms with van der Waals surface area (Å²) in [6, 6.07) is 109. The lowest BCUT2D eigenvalue weighted by Gasteiger charge is -1.99. The van der Waals surface area contributed by atoms with Gasteiger partial charge >= 0.3 is 0 Å². The lowest BCUT2D eigenvalue weighted by Crippen LogP contribution is -1.88. The van der Waals surface area contributed by atoms with E-state index in [1.807, 2.05) is 108 Å². The van der Waals surface area contributed by atoms with Gasteiger partial charge in [-0.2, -0.15) is 0 Å². The van der Waals surface area contributed by atoms with E-state index in [1.54, 1.807) is 34.0 Å². The van der Waals surface area contributed by atoms with E-state index < -0.39 is 0 Å². The van der Waals surface area contributed by atoms with Gasteiger partial charge in [0.1, 0.15) is 0 Å². The molecule has 36 aromatic rings. The number of nitrogens with zero attached hydrogens (tertiary/aromatic N) is 21. The zero-order valence-electron chi connectivity index (χ0n) is 77.7. The molecule has 0 aliphatic rings. The Balaban J connectivity index is 0.0000000788. The number of hydrogen-bond donors (Lipinski definition) is 0. The maximum absolute atomic E-state index is 4.85. The molecule has 27 heteroatoms. The highest BCUT2D eigenvalue weighted by atomic mass is 32.1. The average Bonchev–Trinajstić information content (AvgIpc) is 1.56. The fourth-order valence-electron chi connectivity index (χ4n) is 22.7. The first-order valence-corrected chi connectivity index (χ1v) is 52.4. The van der Waals surface area contributed by atoms with Crippen LogP contribution < -0.4 is 0 Å². The molecule has 15 aromatic carbocycles. The molecule has 0 bridgehead atoms. The van der Waals surface area contributed by atoms with Gasteiger partial charge in [0.05, 0.1) is 156 Å². The lowest BCUT2D eigenvalue weighted by atomic mass is 10.1. The average molecular weight is 1970 g/mol. The molecule has 0 atom stereocenters. The Labute approximate surface area is 836 Å². The number of hydrogen-bond acceptors (Lipinski definition) is 15. The molecular weight excluding hydrogens is 1890 g/mol. The van der Waals surface area contributed by atoms with Crippen molar-refractivity contribution in [2.45, 2.75) is 0 Å². The molecule has 0 radical (unpaired) electrons. The molecule has 0 aliphatic carbocycles.